The van der Waals surface area contributed by atoms with Gasteiger partial charge in [0.25, 0.3) is 0 Å². The summed E-state index contributed by atoms with van der Waals surface area (Å²) >= 11 is 0. The van der Waals surface area contributed by atoms with Crippen LogP contribution in [0.15, 0.2) is 24.3 Å². The highest BCUT2D eigenvalue weighted by Gasteiger charge is 2.24. The topological polar surface area (TPSA) is 89.7 Å². The van der Waals surface area contributed by atoms with E-state index in [1.807, 2.05) is 0 Å². The van der Waals surface area contributed by atoms with E-state index in [-0.39, 0.29) is 0 Å². The summed E-state index contributed by atoms with van der Waals surface area (Å²) in [5.41, 5.74) is 8.47. The Kier molecular flexibility index (Phi) is 3.98. The van der Waals surface area contributed by atoms with Crippen LogP contribution in [0.3, 0.4) is 0 Å². The molecule has 0 bridgehead atoms. The number of carbonyl (C=O) groups is 1. The third kappa shape index (κ3) is 2.68. The average Bonchev–Trinajstić information content (AvgIpc) is 2.39. The largest absolute Gasteiger partial charge is 0.497 e. The molecule has 1 rings (SSSR count). The Morgan fingerprint density at radius 1 is 1.47 bits per heavy atom. The van der Waals surface area contributed by atoms with Gasteiger partial charge in [-0.3, -0.25) is 4.79 Å². The lowest BCUT2D eigenvalue weighted by Crippen LogP contribution is -2.33. The molecule has 0 atom stereocenters. The summed E-state index contributed by atoms with van der Waals surface area (Å²) in [6, 6.07) is 8.18. The molecule has 0 unspecified atom stereocenters. The highest BCUT2D eigenvalue weighted by molar-refractivity contribution is 6.46. The molecule has 0 aromatic heterocycles. The third-order valence-electron chi connectivity index (χ3n) is 2.17. The highest BCUT2D eigenvalue weighted by atomic mass is 16.5. The molecule has 0 aliphatic heterocycles. The SMILES string of the molecule is COc1ccc(N(C)C(=O)C(C#N)=[N+]=[N-])cc1. The molecule has 0 radical (unpaired) electrons. The van der Waals surface area contributed by atoms with E-state index in [9.17, 15) is 4.79 Å². The fraction of sp³-hybridized carbons (Fsp3) is 0.182. The number of methoxy groups -OCH3 is 1. The molecule has 1 aromatic carbocycles. The van der Waals surface area contributed by atoms with Crippen LogP contribution in [-0.4, -0.2) is 30.6 Å². The average molecular weight is 230 g/mol. The van der Waals surface area contributed by atoms with Crippen LogP contribution >= 0.6 is 0 Å². The molecule has 0 fully saturated rings. The molecular formula is C11H10N4O2. The Balaban J connectivity index is 2.97. The van der Waals surface area contributed by atoms with Gasteiger partial charge in [-0.2, -0.15) is 5.26 Å². The maximum absolute atomic E-state index is 11.6. The van der Waals surface area contributed by atoms with Gasteiger partial charge in [0.2, 0.25) is 0 Å². The first kappa shape index (κ1) is 12.4. The number of hydrogen-bond acceptors (Lipinski definition) is 3. The van der Waals surface area contributed by atoms with E-state index in [0.717, 1.165) is 0 Å². The van der Waals surface area contributed by atoms with Gasteiger partial charge in [0.15, 0.2) is 6.07 Å². The predicted octanol–water partition coefficient (Wildman–Crippen LogP) is 0.852. The monoisotopic (exact) mass is 230 g/mol. The first-order valence-electron chi connectivity index (χ1n) is 4.68. The molecule has 1 aromatic rings. The van der Waals surface area contributed by atoms with Crippen molar-refractivity contribution in [2.75, 3.05) is 19.1 Å². The predicted molar refractivity (Wildman–Crippen MR) is 60.6 cm³/mol. The molecule has 6 heteroatoms. The van der Waals surface area contributed by atoms with Crippen molar-refractivity contribution < 1.29 is 14.3 Å². The van der Waals surface area contributed by atoms with E-state index < -0.39 is 11.6 Å². The fourth-order valence-corrected chi connectivity index (χ4v) is 1.19. The van der Waals surface area contributed by atoms with Gasteiger partial charge in [-0.15, -0.1) is 4.79 Å². The molecule has 6 nitrogen and oxygen atoms in total. The maximum atomic E-state index is 11.6. The van der Waals surface area contributed by atoms with E-state index in [2.05, 4.69) is 4.79 Å². The molecule has 0 saturated heterocycles. The molecule has 0 saturated carbocycles. The van der Waals surface area contributed by atoms with Gasteiger partial charge in [-0.05, 0) is 24.3 Å². The maximum Gasteiger partial charge on any atom is 0.455 e. The van der Waals surface area contributed by atoms with Crippen molar-refractivity contribution in [3.05, 3.63) is 29.8 Å². The second kappa shape index (κ2) is 5.45. The van der Waals surface area contributed by atoms with Crippen molar-refractivity contribution in [2.45, 2.75) is 0 Å². The molecule has 1 amide bonds. The first-order valence-corrected chi connectivity index (χ1v) is 4.68. The van der Waals surface area contributed by atoms with E-state index in [1.54, 1.807) is 24.3 Å². The first-order chi connectivity index (χ1) is 8.13. The molecular weight excluding hydrogens is 220 g/mol. The Morgan fingerprint density at radius 2 is 2.06 bits per heavy atom. The number of amides is 1. The van der Waals surface area contributed by atoms with E-state index in [4.69, 9.17) is 15.5 Å². The number of rotatable bonds is 3. The highest BCUT2D eigenvalue weighted by Crippen LogP contribution is 2.18. The fourth-order valence-electron chi connectivity index (χ4n) is 1.19. The van der Waals surface area contributed by atoms with Crippen molar-refractivity contribution in [1.29, 1.82) is 5.26 Å². The summed E-state index contributed by atoms with van der Waals surface area (Å²) in [6.07, 6.45) is 0. The molecule has 0 aliphatic carbocycles. The molecule has 0 heterocycles. The van der Waals surface area contributed by atoms with Gasteiger partial charge in [-0.1, -0.05) is 0 Å². The number of nitriles is 1. The lowest BCUT2D eigenvalue weighted by Gasteiger charge is -2.13. The van der Waals surface area contributed by atoms with Crippen molar-refractivity contribution in [3.8, 4) is 11.8 Å². The van der Waals surface area contributed by atoms with Gasteiger partial charge < -0.3 is 15.2 Å². The zero-order valence-corrected chi connectivity index (χ0v) is 9.41. The van der Waals surface area contributed by atoms with Crippen molar-refractivity contribution in [2.24, 2.45) is 0 Å². The molecule has 17 heavy (non-hydrogen) atoms. The minimum Gasteiger partial charge on any atom is -0.497 e. The Labute approximate surface area is 98.3 Å². The van der Waals surface area contributed by atoms with Crippen LogP contribution in [0.4, 0.5) is 5.69 Å². The number of anilines is 1. The molecule has 0 aliphatic rings. The Bertz CT molecular complexity index is 509. The summed E-state index contributed by atoms with van der Waals surface area (Å²) in [5, 5.41) is 8.57. The van der Waals surface area contributed by atoms with Crippen LogP contribution in [0.1, 0.15) is 0 Å². The Morgan fingerprint density at radius 3 is 2.47 bits per heavy atom. The second-order valence-corrected chi connectivity index (χ2v) is 3.12. The van der Waals surface area contributed by atoms with Crippen LogP contribution in [0.25, 0.3) is 5.53 Å². The normalized spacial score (nSPS) is 8.76. The van der Waals surface area contributed by atoms with Crippen LogP contribution in [0.2, 0.25) is 0 Å². The number of hydrogen-bond donors (Lipinski definition) is 0. The second-order valence-electron chi connectivity index (χ2n) is 3.12. The quantitative estimate of drug-likeness (QED) is 0.438. The van der Waals surface area contributed by atoms with Gasteiger partial charge >= 0.3 is 11.6 Å². The van der Waals surface area contributed by atoms with E-state index in [1.165, 1.54) is 25.1 Å². The van der Waals surface area contributed by atoms with Gasteiger partial charge in [0.1, 0.15) is 5.75 Å². The van der Waals surface area contributed by atoms with Gasteiger partial charge in [0, 0.05) is 12.7 Å². The minimum absolute atomic E-state index is 0.562. The minimum atomic E-state index is -0.680. The van der Waals surface area contributed by atoms with Gasteiger partial charge in [0.05, 0.1) is 7.11 Å². The van der Waals surface area contributed by atoms with E-state index in [0.29, 0.717) is 11.4 Å². The standard InChI is InChI=1S/C11H10N4O2/c1-15(11(16)10(7-12)14-13)8-3-5-9(17-2)6-4-8/h3-6H,1-2H3. The molecule has 86 valence electrons. The number of carbonyl (C=O) groups excluding carboxylic acids is 1. The lowest BCUT2D eigenvalue weighted by atomic mass is 10.2. The van der Waals surface area contributed by atoms with E-state index >= 15 is 0 Å². The summed E-state index contributed by atoms with van der Waals surface area (Å²) in [7, 11) is 3.02. The summed E-state index contributed by atoms with van der Waals surface area (Å²) in [6.45, 7) is 0. The van der Waals surface area contributed by atoms with Crippen LogP contribution < -0.4 is 9.64 Å². The van der Waals surface area contributed by atoms with Gasteiger partial charge in [-0.25, -0.2) is 0 Å². The van der Waals surface area contributed by atoms with Crippen LogP contribution in [0.5, 0.6) is 5.75 Å². The van der Waals surface area contributed by atoms with Crippen molar-refractivity contribution in [3.63, 3.8) is 0 Å². The molecule has 0 N–H and O–H groups in total. The summed E-state index contributed by atoms with van der Waals surface area (Å²) in [5.74, 6) is -0.0221. The summed E-state index contributed by atoms with van der Waals surface area (Å²) < 4.78 is 4.98. The van der Waals surface area contributed by atoms with Crippen LogP contribution in [-0.2, 0) is 4.79 Å². The molecule has 0 spiro atoms. The zero-order chi connectivity index (χ0) is 12.8. The number of nitrogens with zero attached hydrogens (tertiary/aromatic N) is 4. The number of ether oxygens (including phenoxy) is 1. The smallest absolute Gasteiger partial charge is 0.455 e. The number of benzene rings is 1. The van der Waals surface area contributed by atoms with Crippen molar-refractivity contribution in [1.82, 2.24) is 0 Å². The Hall–Kier alpha value is -2.64. The van der Waals surface area contributed by atoms with Crippen LogP contribution in [0, 0.1) is 11.3 Å². The summed E-state index contributed by atoms with van der Waals surface area (Å²) in [4.78, 5) is 15.5. The zero-order valence-electron chi connectivity index (χ0n) is 9.41. The van der Waals surface area contributed by atoms with Crippen molar-refractivity contribution >= 4 is 17.3 Å². The lowest BCUT2D eigenvalue weighted by molar-refractivity contribution is -0.116. The third-order valence-corrected chi connectivity index (χ3v) is 2.17.